The summed E-state index contributed by atoms with van der Waals surface area (Å²) in [5.41, 5.74) is 4.39. The van der Waals surface area contributed by atoms with Gasteiger partial charge >= 0.3 is 0 Å². The summed E-state index contributed by atoms with van der Waals surface area (Å²) in [5, 5.41) is 3.42. The summed E-state index contributed by atoms with van der Waals surface area (Å²) >= 11 is 0. The van der Waals surface area contributed by atoms with Gasteiger partial charge < -0.3 is 10.1 Å². The minimum absolute atomic E-state index is 0.242. The molecule has 128 valence electrons. The predicted molar refractivity (Wildman–Crippen MR) is 100 cm³/mol. The maximum absolute atomic E-state index is 13.2. The number of ether oxygens (including phenoxy) is 1. The Morgan fingerprint density at radius 3 is 2.36 bits per heavy atom. The Balaban J connectivity index is 1.57. The average Bonchev–Trinajstić information content (AvgIpc) is 2.65. The molecule has 3 rings (SSSR count). The van der Waals surface area contributed by atoms with Crippen molar-refractivity contribution in [2.45, 2.75) is 26.5 Å². The molecule has 3 aromatic carbocycles. The van der Waals surface area contributed by atoms with E-state index in [0.717, 1.165) is 35.5 Å². The Morgan fingerprint density at radius 2 is 1.60 bits per heavy atom. The molecule has 25 heavy (non-hydrogen) atoms. The molecule has 0 aromatic heterocycles. The van der Waals surface area contributed by atoms with Crippen LogP contribution in [0.5, 0.6) is 5.75 Å². The molecule has 3 heteroatoms. The largest absolute Gasteiger partial charge is 0.489 e. The van der Waals surface area contributed by atoms with Gasteiger partial charge in [-0.15, -0.1) is 0 Å². The molecule has 3 aromatic rings. The van der Waals surface area contributed by atoms with E-state index in [2.05, 4.69) is 42.6 Å². The number of nitrogens with one attached hydrogen (secondary N) is 1. The lowest BCUT2D eigenvalue weighted by molar-refractivity contribution is 0.305. The zero-order valence-electron chi connectivity index (χ0n) is 14.3. The Hall–Kier alpha value is -2.81. The van der Waals surface area contributed by atoms with E-state index >= 15 is 0 Å². The third-order valence-electron chi connectivity index (χ3n) is 4.05. The Bertz CT molecular complexity index is 814. The highest BCUT2D eigenvalue weighted by Gasteiger charge is 2.00. The minimum atomic E-state index is -0.242. The summed E-state index contributed by atoms with van der Waals surface area (Å²) in [6.07, 6.45) is 1.05. The first-order valence-corrected chi connectivity index (χ1v) is 8.52. The molecule has 0 amide bonds. The fourth-order valence-corrected chi connectivity index (χ4v) is 2.60. The molecule has 0 bridgehead atoms. The van der Waals surface area contributed by atoms with E-state index in [1.54, 1.807) is 6.07 Å². The second-order valence-corrected chi connectivity index (χ2v) is 5.97. The molecule has 0 radical (unpaired) electrons. The number of rotatable bonds is 7. The van der Waals surface area contributed by atoms with Crippen LogP contribution in [0.4, 0.5) is 10.1 Å². The van der Waals surface area contributed by atoms with Crippen LogP contribution in [0.15, 0.2) is 72.8 Å². The van der Waals surface area contributed by atoms with E-state index in [1.807, 2.05) is 24.3 Å². The lowest BCUT2D eigenvalue weighted by Gasteiger charge is -2.10. The molecule has 1 N–H and O–H groups in total. The standard InChI is InChI=1S/C22H22FNO/c1-2-17-9-11-21(12-10-17)24-15-18-5-4-8-22(14-18)25-16-19-6-3-7-20(23)13-19/h3-14,24H,2,15-16H2,1H3. The van der Waals surface area contributed by atoms with Gasteiger partial charge in [0, 0.05) is 12.2 Å². The van der Waals surface area contributed by atoms with Crippen LogP contribution >= 0.6 is 0 Å². The van der Waals surface area contributed by atoms with Crippen molar-refractivity contribution >= 4 is 5.69 Å². The Kier molecular flexibility index (Phi) is 5.68. The van der Waals surface area contributed by atoms with Crippen LogP contribution in [0.2, 0.25) is 0 Å². The first-order chi connectivity index (χ1) is 12.2. The first kappa shape index (κ1) is 17.0. The second kappa shape index (κ2) is 8.34. The van der Waals surface area contributed by atoms with Crippen LogP contribution in [0, 0.1) is 5.82 Å². The maximum Gasteiger partial charge on any atom is 0.123 e. The lowest BCUT2D eigenvalue weighted by Crippen LogP contribution is -2.01. The number of halogens is 1. The van der Waals surface area contributed by atoms with Crippen LogP contribution in [-0.4, -0.2) is 0 Å². The Labute approximate surface area is 148 Å². The van der Waals surface area contributed by atoms with Gasteiger partial charge in [0.15, 0.2) is 0 Å². The lowest BCUT2D eigenvalue weighted by atomic mass is 10.1. The highest BCUT2D eigenvalue weighted by molar-refractivity contribution is 5.45. The van der Waals surface area contributed by atoms with Gasteiger partial charge in [-0.2, -0.15) is 0 Å². The zero-order valence-corrected chi connectivity index (χ0v) is 14.3. The van der Waals surface area contributed by atoms with Gasteiger partial charge in [-0.05, 0) is 59.5 Å². The normalized spacial score (nSPS) is 10.5. The van der Waals surface area contributed by atoms with Gasteiger partial charge in [0.2, 0.25) is 0 Å². The van der Waals surface area contributed by atoms with Gasteiger partial charge in [0.05, 0.1) is 0 Å². The van der Waals surface area contributed by atoms with Crippen LogP contribution in [-0.2, 0) is 19.6 Å². The van der Waals surface area contributed by atoms with E-state index in [-0.39, 0.29) is 5.82 Å². The van der Waals surface area contributed by atoms with Crippen LogP contribution in [0.1, 0.15) is 23.6 Å². The van der Waals surface area contributed by atoms with E-state index in [4.69, 9.17) is 4.74 Å². The third-order valence-corrected chi connectivity index (χ3v) is 4.05. The van der Waals surface area contributed by atoms with E-state index < -0.39 is 0 Å². The molecule has 0 fully saturated rings. The van der Waals surface area contributed by atoms with Crippen molar-refractivity contribution in [2.75, 3.05) is 5.32 Å². The Morgan fingerprint density at radius 1 is 0.840 bits per heavy atom. The number of hydrogen-bond donors (Lipinski definition) is 1. The highest BCUT2D eigenvalue weighted by Crippen LogP contribution is 2.17. The molecule has 0 aliphatic heterocycles. The topological polar surface area (TPSA) is 21.3 Å². The number of aryl methyl sites for hydroxylation is 1. The molecule has 0 unspecified atom stereocenters. The van der Waals surface area contributed by atoms with Crippen molar-refractivity contribution in [3.63, 3.8) is 0 Å². The minimum Gasteiger partial charge on any atom is -0.489 e. The first-order valence-electron chi connectivity index (χ1n) is 8.52. The quantitative estimate of drug-likeness (QED) is 0.608. The molecular weight excluding hydrogens is 313 g/mol. The fourth-order valence-electron chi connectivity index (χ4n) is 2.60. The number of anilines is 1. The van der Waals surface area contributed by atoms with Crippen molar-refractivity contribution in [3.05, 3.63) is 95.3 Å². The van der Waals surface area contributed by atoms with E-state index in [0.29, 0.717) is 6.61 Å². The van der Waals surface area contributed by atoms with Gasteiger partial charge in [0.1, 0.15) is 18.2 Å². The van der Waals surface area contributed by atoms with Crippen LogP contribution < -0.4 is 10.1 Å². The van der Waals surface area contributed by atoms with Crippen molar-refractivity contribution in [1.82, 2.24) is 0 Å². The third kappa shape index (κ3) is 5.08. The van der Waals surface area contributed by atoms with E-state index in [9.17, 15) is 4.39 Å². The average molecular weight is 335 g/mol. The molecule has 0 aliphatic carbocycles. The predicted octanol–water partition coefficient (Wildman–Crippen LogP) is 5.58. The van der Waals surface area contributed by atoms with Crippen LogP contribution in [0.25, 0.3) is 0 Å². The molecule has 0 heterocycles. The SMILES string of the molecule is CCc1ccc(NCc2cccc(OCc3cccc(F)c3)c2)cc1. The van der Waals surface area contributed by atoms with Crippen molar-refractivity contribution in [3.8, 4) is 5.75 Å². The maximum atomic E-state index is 13.2. The molecule has 0 saturated carbocycles. The molecule has 0 aliphatic rings. The molecular formula is C22H22FNO. The highest BCUT2D eigenvalue weighted by atomic mass is 19.1. The van der Waals surface area contributed by atoms with Gasteiger partial charge in [-0.1, -0.05) is 43.3 Å². The summed E-state index contributed by atoms with van der Waals surface area (Å²) in [7, 11) is 0. The van der Waals surface area contributed by atoms with Crippen LogP contribution in [0.3, 0.4) is 0 Å². The molecule has 2 nitrogen and oxygen atoms in total. The summed E-state index contributed by atoms with van der Waals surface area (Å²) < 4.78 is 19.0. The summed E-state index contributed by atoms with van der Waals surface area (Å²) in [5.74, 6) is 0.540. The zero-order chi connectivity index (χ0) is 17.5. The molecule has 0 spiro atoms. The van der Waals surface area contributed by atoms with Gasteiger partial charge in [-0.25, -0.2) is 4.39 Å². The summed E-state index contributed by atoms with van der Waals surface area (Å²) in [6, 6.07) is 22.9. The molecule has 0 atom stereocenters. The number of benzene rings is 3. The second-order valence-electron chi connectivity index (χ2n) is 5.97. The summed E-state index contributed by atoms with van der Waals surface area (Å²) in [4.78, 5) is 0. The monoisotopic (exact) mass is 335 g/mol. The number of hydrogen-bond acceptors (Lipinski definition) is 2. The van der Waals surface area contributed by atoms with E-state index in [1.165, 1.54) is 17.7 Å². The molecule has 0 saturated heterocycles. The summed E-state index contributed by atoms with van der Waals surface area (Å²) in [6.45, 7) is 3.23. The van der Waals surface area contributed by atoms with Crippen molar-refractivity contribution in [1.29, 1.82) is 0 Å². The fraction of sp³-hybridized carbons (Fsp3) is 0.182. The van der Waals surface area contributed by atoms with Crippen molar-refractivity contribution < 1.29 is 9.13 Å². The smallest absolute Gasteiger partial charge is 0.123 e. The van der Waals surface area contributed by atoms with Crippen molar-refractivity contribution in [2.24, 2.45) is 0 Å². The van der Waals surface area contributed by atoms with Gasteiger partial charge in [0.25, 0.3) is 0 Å². The van der Waals surface area contributed by atoms with Gasteiger partial charge in [-0.3, -0.25) is 0 Å².